The van der Waals surface area contributed by atoms with Gasteiger partial charge >= 0.3 is 0 Å². The molecule has 4 aromatic rings. The lowest BCUT2D eigenvalue weighted by molar-refractivity contribution is 0.147. The van der Waals surface area contributed by atoms with E-state index in [4.69, 9.17) is 9.84 Å². The molecule has 31 heavy (non-hydrogen) atoms. The van der Waals surface area contributed by atoms with Gasteiger partial charge in [0.1, 0.15) is 6.07 Å². The summed E-state index contributed by atoms with van der Waals surface area (Å²) in [7, 11) is 1.73. The maximum absolute atomic E-state index is 9.39. The molecule has 4 rings (SSSR count). The zero-order chi connectivity index (χ0) is 21.6. The van der Waals surface area contributed by atoms with Crippen LogP contribution in [0, 0.1) is 11.3 Å². The monoisotopic (exact) mass is 412 g/mol. The molecule has 0 unspecified atom stereocenters. The first-order chi connectivity index (χ1) is 15.2. The molecule has 7 nitrogen and oxygen atoms in total. The largest absolute Gasteiger partial charge is 0.383 e. The van der Waals surface area contributed by atoms with Gasteiger partial charge in [0.15, 0.2) is 5.65 Å². The van der Waals surface area contributed by atoms with Gasteiger partial charge in [0.2, 0.25) is 0 Å². The van der Waals surface area contributed by atoms with Crippen molar-refractivity contribution in [1.29, 1.82) is 5.26 Å². The van der Waals surface area contributed by atoms with Crippen molar-refractivity contribution in [1.82, 2.24) is 24.5 Å². The van der Waals surface area contributed by atoms with E-state index in [9.17, 15) is 5.26 Å². The van der Waals surface area contributed by atoms with E-state index in [1.54, 1.807) is 25.6 Å². The number of methoxy groups -OCH3 is 1. The number of likely N-dealkylation sites (N-methyl/N-ethyl adjacent to an activating group) is 1. The Balaban J connectivity index is 1.63. The van der Waals surface area contributed by atoms with Crippen LogP contribution >= 0.6 is 0 Å². The number of ether oxygens (including phenoxy) is 1. The third-order valence-electron chi connectivity index (χ3n) is 5.29. The average molecular weight is 412 g/mol. The van der Waals surface area contributed by atoms with Gasteiger partial charge in [-0.1, -0.05) is 31.2 Å². The Hall–Kier alpha value is -3.60. The van der Waals surface area contributed by atoms with Crippen LogP contribution in [0.15, 0.2) is 61.1 Å². The third-order valence-corrected chi connectivity index (χ3v) is 5.29. The molecule has 0 aliphatic rings. The van der Waals surface area contributed by atoms with Gasteiger partial charge in [0.05, 0.1) is 29.8 Å². The number of hydrogen-bond donors (Lipinski definition) is 0. The molecule has 0 bridgehead atoms. The van der Waals surface area contributed by atoms with E-state index >= 15 is 0 Å². The number of aromatic nitrogens is 4. The van der Waals surface area contributed by atoms with Crippen LogP contribution in [0.1, 0.15) is 18.1 Å². The van der Waals surface area contributed by atoms with Crippen molar-refractivity contribution in [3.63, 3.8) is 0 Å². The molecule has 0 N–H and O–H groups in total. The van der Waals surface area contributed by atoms with Crippen LogP contribution in [0.25, 0.3) is 28.2 Å². The minimum atomic E-state index is 0.495. The van der Waals surface area contributed by atoms with E-state index in [0.29, 0.717) is 11.3 Å². The van der Waals surface area contributed by atoms with Crippen molar-refractivity contribution in [2.24, 2.45) is 0 Å². The first-order valence-electron chi connectivity index (χ1n) is 10.2. The second-order valence-electron chi connectivity index (χ2n) is 7.22. The third kappa shape index (κ3) is 4.45. The Labute approximate surface area is 181 Å². The summed E-state index contributed by atoms with van der Waals surface area (Å²) in [6.45, 7) is 5.66. The maximum atomic E-state index is 9.39. The fourth-order valence-electron chi connectivity index (χ4n) is 3.53. The van der Waals surface area contributed by atoms with Crippen molar-refractivity contribution in [3.05, 3.63) is 72.2 Å². The standard InChI is InChI=1S/C24H24N6O/c1-3-29(12-13-31-2)17-18-4-6-19(7-5-18)23-16-27-24-9-8-22(28-30(23)24)21-10-11-26-15-20(21)14-25/h4-11,15-16H,3,12-13,17H2,1-2H3. The van der Waals surface area contributed by atoms with Crippen molar-refractivity contribution in [3.8, 4) is 28.6 Å². The van der Waals surface area contributed by atoms with Gasteiger partial charge in [-0.05, 0) is 30.3 Å². The van der Waals surface area contributed by atoms with Crippen molar-refractivity contribution in [2.45, 2.75) is 13.5 Å². The molecule has 0 saturated heterocycles. The fraction of sp³-hybridized carbons (Fsp3) is 0.250. The van der Waals surface area contributed by atoms with Crippen LogP contribution < -0.4 is 0 Å². The highest BCUT2D eigenvalue weighted by Crippen LogP contribution is 2.25. The van der Waals surface area contributed by atoms with E-state index in [-0.39, 0.29) is 0 Å². The SMILES string of the molecule is CCN(CCOC)Cc1ccc(-c2cnc3ccc(-c4ccncc4C#N)nn23)cc1. The molecule has 7 heteroatoms. The molecule has 0 amide bonds. The summed E-state index contributed by atoms with van der Waals surface area (Å²) < 4.78 is 7.02. The predicted molar refractivity (Wildman–Crippen MR) is 119 cm³/mol. The lowest BCUT2D eigenvalue weighted by Gasteiger charge is -2.20. The second-order valence-corrected chi connectivity index (χ2v) is 7.22. The Morgan fingerprint density at radius 3 is 2.68 bits per heavy atom. The summed E-state index contributed by atoms with van der Waals surface area (Å²) in [5, 5.41) is 14.2. The number of imidazole rings is 1. The fourth-order valence-corrected chi connectivity index (χ4v) is 3.53. The number of benzene rings is 1. The van der Waals surface area contributed by atoms with E-state index in [1.807, 2.05) is 22.8 Å². The van der Waals surface area contributed by atoms with Gasteiger partial charge in [-0.15, -0.1) is 0 Å². The van der Waals surface area contributed by atoms with Gasteiger partial charge in [-0.3, -0.25) is 9.88 Å². The lowest BCUT2D eigenvalue weighted by Crippen LogP contribution is -2.26. The minimum Gasteiger partial charge on any atom is -0.383 e. The molecule has 0 saturated carbocycles. The summed E-state index contributed by atoms with van der Waals surface area (Å²) in [4.78, 5) is 10.9. The zero-order valence-corrected chi connectivity index (χ0v) is 17.7. The molecule has 0 atom stereocenters. The van der Waals surface area contributed by atoms with Gasteiger partial charge in [0.25, 0.3) is 0 Å². The highest BCUT2D eigenvalue weighted by molar-refractivity contribution is 5.69. The summed E-state index contributed by atoms with van der Waals surface area (Å²) in [5.41, 5.74) is 5.91. The molecule has 156 valence electrons. The smallest absolute Gasteiger partial charge is 0.154 e. The highest BCUT2D eigenvalue weighted by Gasteiger charge is 2.12. The van der Waals surface area contributed by atoms with E-state index in [1.165, 1.54) is 5.56 Å². The lowest BCUT2D eigenvalue weighted by atomic mass is 10.1. The molecule has 0 spiro atoms. The minimum absolute atomic E-state index is 0.495. The summed E-state index contributed by atoms with van der Waals surface area (Å²) in [6, 6.07) is 16.3. The first kappa shape index (κ1) is 20.7. The number of pyridine rings is 1. The molecule has 0 fully saturated rings. The summed E-state index contributed by atoms with van der Waals surface area (Å²) in [6.07, 6.45) is 5.05. The maximum Gasteiger partial charge on any atom is 0.154 e. The molecular weight excluding hydrogens is 388 g/mol. The van der Waals surface area contributed by atoms with Crippen LogP contribution in [0.3, 0.4) is 0 Å². The molecule has 0 aliphatic heterocycles. The number of hydrogen-bond acceptors (Lipinski definition) is 6. The number of fused-ring (bicyclic) bond motifs is 1. The first-order valence-corrected chi connectivity index (χ1v) is 10.2. The summed E-state index contributed by atoms with van der Waals surface area (Å²) >= 11 is 0. The van der Waals surface area contributed by atoms with Crippen LogP contribution in [-0.4, -0.2) is 51.3 Å². The normalized spacial score (nSPS) is 11.2. The summed E-state index contributed by atoms with van der Waals surface area (Å²) in [5.74, 6) is 0. The Morgan fingerprint density at radius 1 is 1.10 bits per heavy atom. The second kappa shape index (κ2) is 9.47. The molecular formula is C24H24N6O. The molecule has 0 aliphatic carbocycles. The van der Waals surface area contributed by atoms with Crippen molar-refractivity contribution < 1.29 is 4.74 Å². The molecule has 1 aromatic carbocycles. The zero-order valence-electron chi connectivity index (χ0n) is 17.7. The van der Waals surface area contributed by atoms with Gasteiger partial charge in [0, 0.05) is 43.7 Å². The van der Waals surface area contributed by atoms with Crippen LogP contribution in [-0.2, 0) is 11.3 Å². The van der Waals surface area contributed by atoms with Crippen LogP contribution in [0.2, 0.25) is 0 Å². The predicted octanol–water partition coefficient (Wildman–Crippen LogP) is 3.80. The average Bonchev–Trinajstić information content (AvgIpc) is 3.25. The number of nitrogens with zero attached hydrogens (tertiary/aromatic N) is 6. The molecule has 3 heterocycles. The topological polar surface area (TPSA) is 79.3 Å². The van der Waals surface area contributed by atoms with Gasteiger partial charge in [-0.25, -0.2) is 9.50 Å². The van der Waals surface area contributed by atoms with E-state index in [0.717, 1.165) is 48.7 Å². The van der Waals surface area contributed by atoms with Crippen LogP contribution in [0.4, 0.5) is 0 Å². The van der Waals surface area contributed by atoms with Crippen molar-refractivity contribution in [2.75, 3.05) is 26.8 Å². The Bertz CT molecular complexity index is 1210. The highest BCUT2D eigenvalue weighted by atomic mass is 16.5. The van der Waals surface area contributed by atoms with Gasteiger partial charge in [-0.2, -0.15) is 10.4 Å². The molecule has 3 aromatic heterocycles. The molecule has 0 radical (unpaired) electrons. The number of nitriles is 1. The number of rotatable bonds is 8. The van der Waals surface area contributed by atoms with Crippen LogP contribution in [0.5, 0.6) is 0 Å². The van der Waals surface area contributed by atoms with E-state index in [2.05, 4.69) is 52.1 Å². The Morgan fingerprint density at radius 2 is 1.94 bits per heavy atom. The van der Waals surface area contributed by atoms with Gasteiger partial charge < -0.3 is 4.74 Å². The quantitative estimate of drug-likeness (QED) is 0.438. The van der Waals surface area contributed by atoms with Crippen molar-refractivity contribution >= 4 is 5.65 Å². The van der Waals surface area contributed by atoms with E-state index < -0.39 is 0 Å². The Kier molecular flexibility index (Phi) is 6.32.